The topological polar surface area (TPSA) is 59.1 Å². The van der Waals surface area contributed by atoms with Gasteiger partial charge >= 0.3 is 0 Å². The van der Waals surface area contributed by atoms with Gasteiger partial charge in [0.25, 0.3) is 0 Å². The summed E-state index contributed by atoms with van der Waals surface area (Å²) in [4.78, 5) is 8.51. The van der Waals surface area contributed by atoms with Crippen molar-refractivity contribution in [2.75, 3.05) is 24.3 Å². The van der Waals surface area contributed by atoms with Crippen LogP contribution in [0.3, 0.4) is 0 Å². The first-order valence-corrected chi connectivity index (χ1v) is 7.16. The van der Waals surface area contributed by atoms with Crippen molar-refractivity contribution in [3.8, 4) is 5.75 Å². The number of nitrogens with zero attached hydrogens (tertiary/aromatic N) is 2. The fraction of sp³-hybridized carbons (Fsp3) is 0.375. The lowest BCUT2D eigenvalue weighted by Crippen LogP contribution is -2.06. The molecule has 2 rings (SSSR count). The Labute approximate surface area is 125 Å². The van der Waals surface area contributed by atoms with E-state index in [1.165, 1.54) is 11.9 Å². The standard InChI is InChI=1S/C16H22N4O/c1-5-17-15-14(21-4)16(19-10-18-15)20-13-9-7-6-8-12(13)11(2)3/h6-11H,5H2,1-4H3,(H2,17,18,19,20). The minimum absolute atomic E-state index is 0.426. The Morgan fingerprint density at radius 1 is 1.14 bits per heavy atom. The van der Waals surface area contributed by atoms with Crippen LogP contribution < -0.4 is 15.4 Å². The molecule has 0 amide bonds. The number of rotatable bonds is 6. The highest BCUT2D eigenvalue weighted by Crippen LogP contribution is 2.33. The number of aromatic nitrogens is 2. The molecule has 0 aliphatic carbocycles. The number of nitrogens with one attached hydrogen (secondary N) is 2. The second-order valence-corrected chi connectivity index (χ2v) is 5.00. The quantitative estimate of drug-likeness (QED) is 0.846. The zero-order chi connectivity index (χ0) is 15.2. The van der Waals surface area contributed by atoms with E-state index < -0.39 is 0 Å². The maximum atomic E-state index is 5.45. The molecule has 0 fully saturated rings. The molecule has 0 unspecified atom stereocenters. The number of hydrogen-bond donors (Lipinski definition) is 2. The number of hydrogen-bond acceptors (Lipinski definition) is 5. The van der Waals surface area contributed by atoms with Crippen LogP contribution in [0.5, 0.6) is 5.75 Å². The summed E-state index contributed by atoms with van der Waals surface area (Å²) in [7, 11) is 1.62. The fourth-order valence-electron chi connectivity index (χ4n) is 2.19. The molecule has 0 aliphatic rings. The number of para-hydroxylation sites is 1. The van der Waals surface area contributed by atoms with Gasteiger partial charge in [-0.2, -0.15) is 0 Å². The Kier molecular flexibility index (Phi) is 4.98. The molecule has 2 N–H and O–H groups in total. The molecule has 5 nitrogen and oxygen atoms in total. The molecule has 0 saturated heterocycles. The predicted molar refractivity (Wildman–Crippen MR) is 86.6 cm³/mol. The maximum Gasteiger partial charge on any atom is 0.204 e. The Hall–Kier alpha value is -2.30. The van der Waals surface area contributed by atoms with Gasteiger partial charge in [-0.1, -0.05) is 32.0 Å². The average Bonchev–Trinajstić information content (AvgIpc) is 2.48. The molecule has 1 aromatic carbocycles. The van der Waals surface area contributed by atoms with E-state index in [0.717, 1.165) is 12.2 Å². The molecule has 0 aliphatic heterocycles. The zero-order valence-electron chi connectivity index (χ0n) is 13.0. The highest BCUT2D eigenvalue weighted by atomic mass is 16.5. The van der Waals surface area contributed by atoms with Gasteiger partial charge in [0.1, 0.15) is 6.33 Å². The van der Waals surface area contributed by atoms with Crippen molar-refractivity contribution < 1.29 is 4.74 Å². The van der Waals surface area contributed by atoms with E-state index in [0.29, 0.717) is 23.3 Å². The van der Waals surface area contributed by atoms with Crippen molar-refractivity contribution in [2.24, 2.45) is 0 Å². The Morgan fingerprint density at radius 3 is 2.52 bits per heavy atom. The lowest BCUT2D eigenvalue weighted by atomic mass is 10.0. The van der Waals surface area contributed by atoms with Gasteiger partial charge in [0.2, 0.25) is 5.75 Å². The molecule has 2 aromatic rings. The summed E-state index contributed by atoms with van der Waals surface area (Å²) in [5, 5.41) is 6.53. The van der Waals surface area contributed by atoms with Gasteiger partial charge in [0, 0.05) is 12.2 Å². The SMILES string of the molecule is CCNc1ncnc(Nc2ccccc2C(C)C)c1OC. The molecule has 0 spiro atoms. The summed E-state index contributed by atoms with van der Waals surface area (Å²) in [5.74, 6) is 2.41. The van der Waals surface area contributed by atoms with Gasteiger partial charge in [-0.25, -0.2) is 9.97 Å². The lowest BCUT2D eigenvalue weighted by Gasteiger charge is -2.17. The smallest absolute Gasteiger partial charge is 0.204 e. The number of methoxy groups -OCH3 is 1. The Balaban J connectivity index is 2.38. The third kappa shape index (κ3) is 3.42. The van der Waals surface area contributed by atoms with Crippen molar-refractivity contribution in [1.29, 1.82) is 0 Å². The lowest BCUT2D eigenvalue weighted by molar-refractivity contribution is 0.415. The fourth-order valence-corrected chi connectivity index (χ4v) is 2.19. The minimum Gasteiger partial charge on any atom is -0.490 e. The Bertz CT molecular complexity index is 599. The van der Waals surface area contributed by atoms with Gasteiger partial charge in [-0.3, -0.25) is 0 Å². The van der Waals surface area contributed by atoms with Crippen LogP contribution in [0.15, 0.2) is 30.6 Å². The van der Waals surface area contributed by atoms with Crippen molar-refractivity contribution in [2.45, 2.75) is 26.7 Å². The molecule has 112 valence electrons. The summed E-state index contributed by atoms with van der Waals surface area (Å²) in [6, 6.07) is 8.21. The third-order valence-electron chi connectivity index (χ3n) is 3.19. The monoisotopic (exact) mass is 286 g/mol. The van der Waals surface area contributed by atoms with Crippen LogP contribution in [0, 0.1) is 0 Å². The molecule has 1 heterocycles. The second kappa shape index (κ2) is 6.92. The number of benzene rings is 1. The van der Waals surface area contributed by atoms with Crippen molar-refractivity contribution in [1.82, 2.24) is 9.97 Å². The van der Waals surface area contributed by atoms with Crippen LogP contribution in [0.2, 0.25) is 0 Å². The normalized spacial score (nSPS) is 10.5. The number of ether oxygens (including phenoxy) is 1. The van der Waals surface area contributed by atoms with E-state index >= 15 is 0 Å². The summed E-state index contributed by atoms with van der Waals surface area (Å²) in [6.07, 6.45) is 1.53. The first-order valence-electron chi connectivity index (χ1n) is 7.16. The van der Waals surface area contributed by atoms with E-state index in [9.17, 15) is 0 Å². The van der Waals surface area contributed by atoms with Gasteiger partial charge in [0.05, 0.1) is 7.11 Å². The van der Waals surface area contributed by atoms with Crippen molar-refractivity contribution in [3.63, 3.8) is 0 Å². The van der Waals surface area contributed by atoms with Crippen LogP contribution in [-0.2, 0) is 0 Å². The largest absolute Gasteiger partial charge is 0.490 e. The maximum absolute atomic E-state index is 5.45. The van der Waals surface area contributed by atoms with Gasteiger partial charge in [-0.05, 0) is 24.5 Å². The summed E-state index contributed by atoms with van der Waals surface area (Å²) >= 11 is 0. The van der Waals surface area contributed by atoms with Gasteiger partial charge < -0.3 is 15.4 Å². The van der Waals surface area contributed by atoms with Crippen molar-refractivity contribution in [3.05, 3.63) is 36.2 Å². The van der Waals surface area contributed by atoms with E-state index in [1.54, 1.807) is 7.11 Å². The van der Waals surface area contributed by atoms with Gasteiger partial charge in [-0.15, -0.1) is 0 Å². The highest BCUT2D eigenvalue weighted by molar-refractivity contribution is 5.71. The summed E-state index contributed by atoms with van der Waals surface area (Å²) in [5.41, 5.74) is 2.27. The van der Waals surface area contributed by atoms with Crippen LogP contribution in [0.25, 0.3) is 0 Å². The number of anilines is 3. The van der Waals surface area contributed by atoms with E-state index in [4.69, 9.17) is 4.74 Å². The molecule has 0 saturated carbocycles. The van der Waals surface area contributed by atoms with E-state index in [-0.39, 0.29) is 0 Å². The molecule has 1 aromatic heterocycles. The van der Waals surface area contributed by atoms with E-state index in [1.807, 2.05) is 25.1 Å². The average molecular weight is 286 g/mol. The predicted octanol–water partition coefficient (Wildman–Crippen LogP) is 3.78. The van der Waals surface area contributed by atoms with Gasteiger partial charge in [0.15, 0.2) is 11.6 Å². The molecule has 21 heavy (non-hydrogen) atoms. The first-order chi connectivity index (χ1) is 10.2. The molecule has 0 atom stereocenters. The van der Waals surface area contributed by atoms with Crippen LogP contribution >= 0.6 is 0 Å². The summed E-state index contributed by atoms with van der Waals surface area (Å²) in [6.45, 7) is 7.13. The molecular formula is C16H22N4O. The third-order valence-corrected chi connectivity index (χ3v) is 3.19. The highest BCUT2D eigenvalue weighted by Gasteiger charge is 2.13. The first kappa shape index (κ1) is 15.1. The molecular weight excluding hydrogens is 264 g/mol. The second-order valence-electron chi connectivity index (χ2n) is 5.00. The van der Waals surface area contributed by atoms with Crippen molar-refractivity contribution >= 4 is 17.3 Å². The van der Waals surface area contributed by atoms with Crippen LogP contribution in [0.4, 0.5) is 17.3 Å². The molecule has 0 radical (unpaired) electrons. The van der Waals surface area contributed by atoms with Crippen LogP contribution in [0.1, 0.15) is 32.3 Å². The zero-order valence-corrected chi connectivity index (χ0v) is 13.0. The molecule has 5 heteroatoms. The minimum atomic E-state index is 0.426. The summed E-state index contributed by atoms with van der Waals surface area (Å²) < 4.78 is 5.45. The Morgan fingerprint density at radius 2 is 1.86 bits per heavy atom. The van der Waals surface area contributed by atoms with Crippen LogP contribution in [-0.4, -0.2) is 23.6 Å². The van der Waals surface area contributed by atoms with E-state index in [2.05, 4.69) is 40.5 Å². The molecule has 0 bridgehead atoms.